The van der Waals surface area contributed by atoms with Gasteiger partial charge in [0.05, 0.1) is 8.07 Å². The van der Waals surface area contributed by atoms with Gasteiger partial charge in [0.1, 0.15) is 0 Å². The molecule has 1 heteroatoms. The van der Waals surface area contributed by atoms with Gasteiger partial charge in [-0.05, 0) is 29.2 Å². The molecular formula is C24H26Si. The molecule has 0 nitrogen and oxygen atoms in total. The van der Waals surface area contributed by atoms with Crippen LogP contribution in [-0.2, 0) is 0 Å². The summed E-state index contributed by atoms with van der Waals surface area (Å²) in [6, 6.07) is 28.4. The molecule has 126 valence electrons. The summed E-state index contributed by atoms with van der Waals surface area (Å²) in [5, 5.41) is 1.50. The van der Waals surface area contributed by atoms with Gasteiger partial charge in [-0.25, -0.2) is 0 Å². The van der Waals surface area contributed by atoms with Gasteiger partial charge in [-0.1, -0.05) is 115 Å². The molecule has 0 amide bonds. The fourth-order valence-corrected chi connectivity index (χ4v) is 4.67. The Labute approximate surface area is 152 Å². The standard InChI is InChI=1S/C24H26Si/c1-19-10-14-23(15-11-19)24(25(2,3)4)18-20-12-16-22(17-13-20)21-8-6-5-7-9-21/h5-18H,1-4H3/b24-18-. The Morgan fingerprint density at radius 2 is 1.24 bits per heavy atom. The smallest absolute Gasteiger partial charge is 0.0656 e. The molecule has 0 spiro atoms. The molecule has 0 aliphatic heterocycles. The third kappa shape index (κ3) is 4.37. The maximum absolute atomic E-state index is 2.41. The van der Waals surface area contributed by atoms with E-state index in [0.717, 1.165) is 0 Å². The molecule has 3 aromatic rings. The molecule has 0 heterocycles. The molecule has 0 saturated heterocycles. The van der Waals surface area contributed by atoms with Crippen LogP contribution >= 0.6 is 0 Å². The molecule has 0 aromatic heterocycles. The van der Waals surface area contributed by atoms with E-state index in [4.69, 9.17) is 0 Å². The highest BCUT2D eigenvalue weighted by Gasteiger charge is 2.21. The zero-order valence-electron chi connectivity index (χ0n) is 15.6. The molecular weight excluding hydrogens is 316 g/mol. The molecule has 0 fully saturated rings. The van der Waals surface area contributed by atoms with Crippen LogP contribution in [0.3, 0.4) is 0 Å². The Balaban J connectivity index is 1.96. The maximum atomic E-state index is 2.41. The summed E-state index contributed by atoms with van der Waals surface area (Å²) in [6.45, 7) is 9.38. The Morgan fingerprint density at radius 3 is 1.80 bits per heavy atom. The first kappa shape index (κ1) is 17.4. The van der Waals surface area contributed by atoms with Crippen molar-refractivity contribution < 1.29 is 0 Å². The van der Waals surface area contributed by atoms with Crippen molar-refractivity contribution in [1.82, 2.24) is 0 Å². The fourth-order valence-electron chi connectivity index (χ4n) is 3.04. The van der Waals surface area contributed by atoms with Crippen molar-refractivity contribution in [2.75, 3.05) is 0 Å². The topological polar surface area (TPSA) is 0 Å². The first-order valence-electron chi connectivity index (χ1n) is 8.88. The molecule has 0 aliphatic carbocycles. The quantitative estimate of drug-likeness (QED) is 0.351. The minimum absolute atomic E-state index is 1.27. The molecule has 0 aliphatic rings. The average Bonchev–Trinajstić information content (AvgIpc) is 2.61. The van der Waals surface area contributed by atoms with E-state index in [1.54, 1.807) is 0 Å². The van der Waals surface area contributed by atoms with E-state index in [1.807, 2.05) is 0 Å². The van der Waals surface area contributed by atoms with Crippen LogP contribution in [-0.4, -0.2) is 8.07 Å². The van der Waals surface area contributed by atoms with E-state index in [2.05, 4.69) is 112 Å². The van der Waals surface area contributed by atoms with Crippen molar-refractivity contribution in [2.45, 2.75) is 26.6 Å². The first-order valence-corrected chi connectivity index (χ1v) is 12.4. The predicted molar refractivity (Wildman–Crippen MR) is 114 cm³/mol. The van der Waals surface area contributed by atoms with Crippen molar-refractivity contribution in [3.05, 3.63) is 95.6 Å². The zero-order valence-corrected chi connectivity index (χ0v) is 16.6. The Bertz CT molecular complexity index is 849. The van der Waals surface area contributed by atoms with Crippen molar-refractivity contribution in [2.24, 2.45) is 0 Å². The van der Waals surface area contributed by atoms with E-state index >= 15 is 0 Å². The van der Waals surface area contributed by atoms with Crippen molar-refractivity contribution >= 4 is 19.3 Å². The number of benzene rings is 3. The van der Waals surface area contributed by atoms with Gasteiger partial charge in [-0.2, -0.15) is 0 Å². The lowest BCUT2D eigenvalue weighted by Gasteiger charge is -2.22. The SMILES string of the molecule is Cc1ccc(/C(=C/c2ccc(-c3ccccc3)cc2)[Si](C)(C)C)cc1. The average molecular weight is 343 g/mol. The Morgan fingerprint density at radius 1 is 0.680 bits per heavy atom. The highest BCUT2D eigenvalue weighted by Crippen LogP contribution is 2.29. The lowest BCUT2D eigenvalue weighted by Crippen LogP contribution is -2.22. The van der Waals surface area contributed by atoms with E-state index in [9.17, 15) is 0 Å². The molecule has 3 aromatic carbocycles. The minimum atomic E-state index is -1.44. The molecule has 25 heavy (non-hydrogen) atoms. The second-order valence-electron chi connectivity index (χ2n) is 7.66. The number of hydrogen-bond acceptors (Lipinski definition) is 0. The third-order valence-electron chi connectivity index (χ3n) is 4.50. The van der Waals surface area contributed by atoms with Crippen LogP contribution < -0.4 is 0 Å². The van der Waals surface area contributed by atoms with E-state index in [1.165, 1.54) is 33.0 Å². The van der Waals surface area contributed by atoms with Gasteiger partial charge < -0.3 is 0 Å². The second-order valence-corrected chi connectivity index (χ2v) is 12.7. The van der Waals surface area contributed by atoms with Crippen LogP contribution in [0.1, 0.15) is 16.7 Å². The van der Waals surface area contributed by atoms with Crippen LogP contribution in [0.25, 0.3) is 22.4 Å². The van der Waals surface area contributed by atoms with Gasteiger partial charge in [-0.3, -0.25) is 0 Å². The van der Waals surface area contributed by atoms with Gasteiger partial charge in [0.15, 0.2) is 0 Å². The van der Waals surface area contributed by atoms with Crippen LogP contribution in [0.4, 0.5) is 0 Å². The van der Waals surface area contributed by atoms with Gasteiger partial charge in [0.25, 0.3) is 0 Å². The molecule has 0 saturated carbocycles. The molecule has 0 atom stereocenters. The molecule has 0 bridgehead atoms. The highest BCUT2D eigenvalue weighted by molar-refractivity contribution is 6.94. The highest BCUT2D eigenvalue weighted by atomic mass is 28.3. The summed E-state index contributed by atoms with van der Waals surface area (Å²) in [5.74, 6) is 0. The monoisotopic (exact) mass is 342 g/mol. The van der Waals surface area contributed by atoms with Gasteiger partial charge in [-0.15, -0.1) is 0 Å². The Hall–Kier alpha value is -2.38. The summed E-state index contributed by atoms with van der Waals surface area (Å²) >= 11 is 0. The fraction of sp³-hybridized carbons (Fsp3) is 0.167. The van der Waals surface area contributed by atoms with Crippen LogP contribution in [0.5, 0.6) is 0 Å². The second kappa shape index (κ2) is 7.24. The Kier molecular flexibility index (Phi) is 5.05. The van der Waals surface area contributed by atoms with Crippen LogP contribution in [0.2, 0.25) is 19.6 Å². The zero-order chi connectivity index (χ0) is 17.9. The van der Waals surface area contributed by atoms with E-state index in [0.29, 0.717) is 0 Å². The molecule has 0 N–H and O–H groups in total. The summed E-state index contributed by atoms with van der Waals surface area (Å²) in [6.07, 6.45) is 2.38. The van der Waals surface area contributed by atoms with Gasteiger partial charge in [0.2, 0.25) is 0 Å². The third-order valence-corrected chi connectivity index (χ3v) is 6.55. The van der Waals surface area contributed by atoms with Crippen LogP contribution in [0.15, 0.2) is 78.9 Å². The van der Waals surface area contributed by atoms with Crippen molar-refractivity contribution in [3.63, 3.8) is 0 Å². The number of hydrogen-bond donors (Lipinski definition) is 0. The van der Waals surface area contributed by atoms with E-state index in [-0.39, 0.29) is 0 Å². The number of aryl methyl sites for hydroxylation is 1. The normalized spacial score (nSPS) is 12.2. The van der Waals surface area contributed by atoms with Crippen molar-refractivity contribution in [1.29, 1.82) is 0 Å². The van der Waals surface area contributed by atoms with Gasteiger partial charge >= 0.3 is 0 Å². The van der Waals surface area contributed by atoms with Crippen molar-refractivity contribution in [3.8, 4) is 11.1 Å². The summed E-state index contributed by atoms with van der Waals surface area (Å²) in [4.78, 5) is 0. The van der Waals surface area contributed by atoms with Gasteiger partial charge in [0, 0.05) is 0 Å². The minimum Gasteiger partial charge on any atom is -0.0656 e. The largest absolute Gasteiger partial charge is 0.0784 e. The summed E-state index contributed by atoms with van der Waals surface area (Å²) in [7, 11) is -1.44. The maximum Gasteiger partial charge on any atom is 0.0784 e. The summed E-state index contributed by atoms with van der Waals surface area (Å²) in [5.41, 5.74) is 6.48. The first-order chi connectivity index (χ1) is 11.9. The molecule has 3 rings (SSSR count). The lowest BCUT2D eigenvalue weighted by atomic mass is 10.0. The van der Waals surface area contributed by atoms with Crippen LogP contribution in [0, 0.1) is 6.92 Å². The predicted octanol–water partition coefficient (Wildman–Crippen LogP) is 7.08. The molecule has 0 unspecified atom stereocenters. The lowest BCUT2D eigenvalue weighted by molar-refractivity contribution is 1.46. The summed E-state index contributed by atoms with van der Waals surface area (Å²) < 4.78 is 0. The number of rotatable bonds is 4. The van der Waals surface area contributed by atoms with E-state index < -0.39 is 8.07 Å². The molecule has 0 radical (unpaired) electrons.